The van der Waals surface area contributed by atoms with Crippen molar-refractivity contribution in [2.24, 2.45) is 23.7 Å². The lowest BCUT2D eigenvalue weighted by atomic mass is 9.77. The van der Waals surface area contributed by atoms with Crippen molar-refractivity contribution in [2.45, 2.75) is 219 Å². The molecule has 2 aliphatic rings. The Labute approximate surface area is 353 Å². The van der Waals surface area contributed by atoms with Crippen LogP contribution in [0.15, 0.2) is 48.5 Å². The van der Waals surface area contributed by atoms with E-state index in [1.54, 1.807) is 13.8 Å². The number of unbranched alkanes of at least 4 members (excludes halogenated alkanes) is 6. The van der Waals surface area contributed by atoms with Gasteiger partial charge in [0.1, 0.15) is 0 Å². The van der Waals surface area contributed by atoms with Crippen LogP contribution in [0.25, 0.3) is 0 Å². The fourth-order valence-electron chi connectivity index (χ4n) is 10.3. The lowest BCUT2D eigenvalue weighted by molar-refractivity contribution is -0.238. The minimum Gasteiger partial charge on any atom is -0.479 e. The minimum atomic E-state index is -2.07. The normalized spacial score (nSPS) is 21.9. The summed E-state index contributed by atoms with van der Waals surface area (Å²) in [5, 5.41) is 21.3. The molecule has 2 atom stereocenters. The Kier molecular flexibility index (Phi) is 21.4. The van der Waals surface area contributed by atoms with E-state index in [9.17, 15) is 19.8 Å². The Bertz CT molecular complexity index is 1310. The summed E-state index contributed by atoms with van der Waals surface area (Å²) in [6.45, 7) is 7.87. The maximum absolute atomic E-state index is 13.0. The van der Waals surface area contributed by atoms with Gasteiger partial charge in [-0.15, -0.1) is 0 Å². The third-order valence-electron chi connectivity index (χ3n) is 14.4. The molecule has 2 aromatic rings. The SMILES string of the molecule is CCCCCC1CCC(CCCCc2ccc(CO[C@@](CC)(C(=O)O)[C@@](CC)(OCc3ccc(CCCCC4CCC(CCCCC)CC4)cc3)C(=O)O)cc2)CC1. The molecule has 2 aliphatic carbocycles. The number of ether oxygens (including phenoxy) is 2. The number of carboxylic acid groups (broad SMARTS) is 2. The van der Waals surface area contributed by atoms with Crippen LogP contribution in [-0.4, -0.2) is 33.4 Å². The molecule has 0 amide bonds. The van der Waals surface area contributed by atoms with Crippen molar-refractivity contribution in [3.8, 4) is 0 Å². The van der Waals surface area contributed by atoms with Gasteiger partial charge in [0.05, 0.1) is 13.2 Å². The molecule has 0 radical (unpaired) electrons. The van der Waals surface area contributed by atoms with E-state index in [1.165, 1.54) is 152 Å². The fraction of sp³-hybridized carbons (Fsp3) is 0.731. The fourth-order valence-corrected chi connectivity index (χ4v) is 10.3. The second kappa shape index (κ2) is 25.8. The second-order valence-electron chi connectivity index (χ2n) is 18.4. The van der Waals surface area contributed by atoms with Gasteiger partial charge in [0, 0.05) is 0 Å². The van der Waals surface area contributed by atoms with Crippen LogP contribution in [0.4, 0.5) is 0 Å². The van der Waals surface area contributed by atoms with Gasteiger partial charge in [-0.1, -0.05) is 205 Å². The first kappa shape index (κ1) is 48.0. The number of hydrogen-bond acceptors (Lipinski definition) is 4. The highest BCUT2D eigenvalue weighted by atomic mass is 16.6. The van der Waals surface area contributed by atoms with E-state index in [1.807, 2.05) is 24.3 Å². The van der Waals surface area contributed by atoms with Crippen molar-refractivity contribution in [2.75, 3.05) is 0 Å². The van der Waals surface area contributed by atoms with Gasteiger partial charge in [-0.25, -0.2) is 9.59 Å². The topological polar surface area (TPSA) is 93.1 Å². The molecule has 0 unspecified atom stereocenters. The van der Waals surface area contributed by atoms with Crippen LogP contribution >= 0.6 is 0 Å². The predicted molar refractivity (Wildman–Crippen MR) is 238 cm³/mol. The third kappa shape index (κ3) is 14.5. The zero-order valence-electron chi connectivity index (χ0n) is 37.3. The van der Waals surface area contributed by atoms with Crippen LogP contribution in [-0.2, 0) is 45.1 Å². The molecule has 2 N–H and O–H groups in total. The van der Waals surface area contributed by atoms with Crippen molar-refractivity contribution in [3.63, 3.8) is 0 Å². The van der Waals surface area contributed by atoms with Crippen molar-refractivity contribution >= 4 is 11.9 Å². The largest absolute Gasteiger partial charge is 0.479 e. The van der Waals surface area contributed by atoms with Gasteiger partial charge < -0.3 is 19.7 Å². The average Bonchev–Trinajstić information content (AvgIpc) is 3.24. The van der Waals surface area contributed by atoms with E-state index >= 15 is 0 Å². The molecular formula is C52H82O6. The number of rotatable bonds is 29. The number of carbonyl (C=O) groups is 2. The second-order valence-corrected chi connectivity index (χ2v) is 18.4. The molecule has 326 valence electrons. The molecule has 2 fully saturated rings. The monoisotopic (exact) mass is 803 g/mol. The van der Waals surface area contributed by atoms with Crippen LogP contribution in [0.5, 0.6) is 0 Å². The smallest absolute Gasteiger partial charge is 0.339 e. The predicted octanol–water partition coefficient (Wildman–Crippen LogP) is 14.1. The molecule has 2 saturated carbocycles. The van der Waals surface area contributed by atoms with E-state index in [4.69, 9.17) is 9.47 Å². The first-order valence-electron chi connectivity index (χ1n) is 24.1. The van der Waals surface area contributed by atoms with Crippen molar-refractivity contribution in [1.29, 1.82) is 0 Å². The Morgan fingerprint density at radius 2 is 0.741 bits per heavy atom. The highest BCUT2D eigenvalue weighted by Crippen LogP contribution is 2.40. The third-order valence-corrected chi connectivity index (χ3v) is 14.4. The van der Waals surface area contributed by atoms with Gasteiger partial charge in [-0.2, -0.15) is 0 Å². The van der Waals surface area contributed by atoms with E-state index < -0.39 is 23.1 Å². The lowest BCUT2D eigenvalue weighted by Gasteiger charge is -2.43. The molecule has 0 bridgehead atoms. The lowest BCUT2D eigenvalue weighted by Crippen LogP contribution is -2.65. The molecule has 2 aromatic carbocycles. The molecular weight excluding hydrogens is 721 g/mol. The van der Waals surface area contributed by atoms with Gasteiger partial charge in [-0.05, 0) is 84.5 Å². The van der Waals surface area contributed by atoms with Crippen molar-refractivity contribution in [3.05, 3.63) is 70.8 Å². The summed E-state index contributed by atoms with van der Waals surface area (Å²) >= 11 is 0. The molecule has 6 heteroatoms. The van der Waals surface area contributed by atoms with E-state index in [0.717, 1.165) is 47.6 Å². The number of benzene rings is 2. The minimum absolute atomic E-state index is 0.0189. The van der Waals surface area contributed by atoms with E-state index in [-0.39, 0.29) is 26.1 Å². The van der Waals surface area contributed by atoms with Crippen LogP contribution in [0, 0.1) is 23.7 Å². The average molecular weight is 803 g/mol. The summed E-state index contributed by atoms with van der Waals surface area (Å²) in [6, 6.07) is 16.3. The van der Waals surface area contributed by atoms with Crippen LogP contribution in [0.1, 0.15) is 204 Å². The Morgan fingerprint density at radius 3 is 1.00 bits per heavy atom. The van der Waals surface area contributed by atoms with Gasteiger partial charge in [0.25, 0.3) is 0 Å². The maximum atomic E-state index is 13.0. The van der Waals surface area contributed by atoms with Crippen LogP contribution in [0.2, 0.25) is 0 Å². The zero-order valence-corrected chi connectivity index (χ0v) is 37.3. The molecule has 58 heavy (non-hydrogen) atoms. The summed E-state index contributed by atoms with van der Waals surface area (Å²) in [5.41, 5.74) is 0.00217. The van der Waals surface area contributed by atoms with Crippen LogP contribution in [0.3, 0.4) is 0 Å². The highest BCUT2D eigenvalue weighted by molar-refractivity contribution is 5.91. The van der Waals surface area contributed by atoms with Crippen molar-refractivity contribution in [1.82, 2.24) is 0 Å². The molecule has 0 aromatic heterocycles. The quantitative estimate of drug-likeness (QED) is 0.0796. The highest BCUT2D eigenvalue weighted by Gasteiger charge is 2.62. The molecule has 0 aliphatic heterocycles. The summed E-state index contributed by atoms with van der Waals surface area (Å²) in [6.07, 6.45) is 31.8. The van der Waals surface area contributed by atoms with E-state index in [2.05, 4.69) is 38.1 Å². The van der Waals surface area contributed by atoms with Gasteiger partial charge in [0.2, 0.25) is 11.2 Å². The number of carboxylic acids is 2. The summed E-state index contributed by atoms with van der Waals surface area (Å²) in [7, 11) is 0. The standard InChI is InChI=1S/C52H82O6/c1-5-9-11-17-41-23-27-43(28-24-41)19-13-15-21-45-31-35-47(36-32-45)39-57-51(7-3,49(53)54)52(8-4,50(55)56)58-40-48-37-33-46(34-38-48)22-16-14-20-44-29-25-42(26-30-44)18-12-10-6-2/h31-38,41-44H,5-30,39-40H2,1-4H3,(H,53,54)(H,55,56)/t41?,42?,43?,44?,51-,52-/m0/s1. The Balaban J connectivity index is 1.22. The van der Waals surface area contributed by atoms with Gasteiger partial charge in [0.15, 0.2) is 0 Å². The first-order chi connectivity index (χ1) is 28.2. The number of aliphatic carboxylic acids is 2. The zero-order chi connectivity index (χ0) is 41.6. The van der Waals surface area contributed by atoms with Crippen molar-refractivity contribution < 1.29 is 29.3 Å². The van der Waals surface area contributed by atoms with Gasteiger partial charge in [-0.3, -0.25) is 0 Å². The summed E-state index contributed by atoms with van der Waals surface area (Å²) in [5.74, 6) is 1.07. The molecule has 0 heterocycles. The first-order valence-corrected chi connectivity index (χ1v) is 24.1. The Hall–Kier alpha value is -2.70. The molecule has 6 nitrogen and oxygen atoms in total. The summed E-state index contributed by atoms with van der Waals surface area (Å²) in [4.78, 5) is 26.1. The summed E-state index contributed by atoms with van der Waals surface area (Å²) < 4.78 is 12.4. The number of hydrogen-bond donors (Lipinski definition) is 2. The van der Waals surface area contributed by atoms with Gasteiger partial charge >= 0.3 is 11.9 Å². The molecule has 4 rings (SSSR count). The maximum Gasteiger partial charge on any atom is 0.339 e. The molecule has 0 spiro atoms. The Morgan fingerprint density at radius 1 is 0.466 bits per heavy atom. The number of aryl methyl sites for hydroxylation is 2. The molecule has 0 saturated heterocycles. The van der Waals surface area contributed by atoms with Crippen LogP contribution < -0.4 is 0 Å². The van der Waals surface area contributed by atoms with E-state index in [0.29, 0.717) is 0 Å².